The van der Waals surface area contributed by atoms with Crippen LogP contribution in [-0.4, -0.2) is 20.9 Å². The van der Waals surface area contributed by atoms with E-state index >= 15 is 0 Å². The van der Waals surface area contributed by atoms with Gasteiger partial charge in [0, 0.05) is 0 Å². The predicted molar refractivity (Wildman–Crippen MR) is 83.2 cm³/mol. The normalized spacial score (nSPS) is 11.0. The zero-order chi connectivity index (χ0) is 15.4. The zero-order valence-electron chi connectivity index (χ0n) is 12.8. The Morgan fingerprint density at radius 3 is 2.48 bits per heavy atom. The smallest absolute Gasteiger partial charge is 0.339 e. The first kappa shape index (κ1) is 15.3. The van der Waals surface area contributed by atoms with Gasteiger partial charge >= 0.3 is 5.97 Å². The molecule has 1 aromatic carbocycles. The molecule has 0 atom stereocenters. The highest BCUT2D eigenvalue weighted by Gasteiger charge is 2.17. The van der Waals surface area contributed by atoms with Crippen LogP contribution >= 0.6 is 0 Å². The fourth-order valence-electron chi connectivity index (χ4n) is 2.36. The lowest BCUT2D eigenvalue weighted by molar-refractivity contribution is 0.0695. The molecule has 0 aliphatic carbocycles. The second-order valence-electron chi connectivity index (χ2n) is 5.57. The third kappa shape index (κ3) is 3.32. The SMILES string of the molecule is CCCCc1c(C(=O)O)cnn1-c1ccc(C(C)C)cc1. The van der Waals surface area contributed by atoms with E-state index in [1.807, 2.05) is 12.1 Å². The van der Waals surface area contributed by atoms with Crippen molar-refractivity contribution in [2.24, 2.45) is 0 Å². The van der Waals surface area contributed by atoms with E-state index in [0.29, 0.717) is 11.5 Å². The number of benzene rings is 1. The molecule has 0 bridgehead atoms. The number of hydrogen-bond acceptors (Lipinski definition) is 2. The van der Waals surface area contributed by atoms with E-state index in [2.05, 4.69) is 38.0 Å². The van der Waals surface area contributed by atoms with Gasteiger partial charge in [0.05, 0.1) is 17.6 Å². The second kappa shape index (κ2) is 6.57. The predicted octanol–water partition coefficient (Wildman–Crippen LogP) is 4.04. The summed E-state index contributed by atoms with van der Waals surface area (Å²) in [5.74, 6) is -0.433. The Morgan fingerprint density at radius 2 is 1.95 bits per heavy atom. The van der Waals surface area contributed by atoms with Crippen LogP contribution in [-0.2, 0) is 6.42 Å². The molecule has 1 heterocycles. The summed E-state index contributed by atoms with van der Waals surface area (Å²) in [6.45, 7) is 6.40. The first-order chi connectivity index (χ1) is 10.0. The summed E-state index contributed by atoms with van der Waals surface area (Å²) in [6, 6.07) is 8.16. The molecule has 2 rings (SSSR count). The van der Waals surface area contributed by atoms with E-state index in [1.165, 1.54) is 11.8 Å². The van der Waals surface area contributed by atoms with Gasteiger partial charge in [-0.1, -0.05) is 39.3 Å². The summed E-state index contributed by atoms with van der Waals surface area (Å²) in [5, 5.41) is 13.6. The molecule has 0 spiro atoms. The van der Waals surface area contributed by atoms with Crippen molar-refractivity contribution in [2.75, 3.05) is 0 Å². The van der Waals surface area contributed by atoms with Crippen LogP contribution in [0, 0.1) is 0 Å². The number of carboxylic acid groups (broad SMARTS) is 1. The van der Waals surface area contributed by atoms with Gasteiger partial charge in [-0.15, -0.1) is 0 Å². The van der Waals surface area contributed by atoms with Gasteiger partial charge in [0.15, 0.2) is 0 Å². The van der Waals surface area contributed by atoms with Crippen molar-refractivity contribution < 1.29 is 9.90 Å². The standard InChI is InChI=1S/C17H22N2O2/c1-4-5-6-16-15(17(20)21)11-18-19(16)14-9-7-13(8-10-14)12(2)3/h7-12H,4-6H2,1-3H3,(H,20,21). The molecule has 0 saturated heterocycles. The van der Waals surface area contributed by atoms with Gasteiger partial charge in [-0.3, -0.25) is 0 Å². The maximum Gasteiger partial charge on any atom is 0.339 e. The number of carboxylic acids is 1. The minimum Gasteiger partial charge on any atom is -0.478 e. The average Bonchev–Trinajstić information content (AvgIpc) is 2.89. The van der Waals surface area contributed by atoms with Crippen molar-refractivity contribution in [3.63, 3.8) is 0 Å². The van der Waals surface area contributed by atoms with Crippen molar-refractivity contribution >= 4 is 5.97 Å². The van der Waals surface area contributed by atoms with E-state index in [1.54, 1.807) is 4.68 Å². The summed E-state index contributed by atoms with van der Waals surface area (Å²) in [4.78, 5) is 11.3. The molecule has 1 aromatic heterocycles. The third-order valence-electron chi connectivity index (χ3n) is 3.67. The van der Waals surface area contributed by atoms with Crippen molar-refractivity contribution in [2.45, 2.75) is 46.0 Å². The molecular formula is C17H22N2O2. The Balaban J connectivity index is 2.40. The molecule has 0 radical (unpaired) electrons. The summed E-state index contributed by atoms with van der Waals surface area (Å²) in [7, 11) is 0. The number of nitrogens with zero attached hydrogens (tertiary/aromatic N) is 2. The summed E-state index contributed by atoms with van der Waals surface area (Å²) >= 11 is 0. The Morgan fingerprint density at radius 1 is 1.29 bits per heavy atom. The number of rotatable bonds is 6. The maximum absolute atomic E-state index is 11.3. The van der Waals surface area contributed by atoms with Crippen molar-refractivity contribution in [1.82, 2.24) is 9.78 Å². The van der Waals surface area contributed by atoms with E-state index in [0.717, 1.165) is 30.6 Å². The van der Waals surface area contributed by atoms with Crippen LogP contribution in [0.5, 0.6) is 0 Å². The van der Waals surface area contributed by atoms with Crippen LogP contribution in [0.25, 0.3) is 5.69 Å². The largest absolute Gasteiger partial charge is 0.478 e. The van der Waals surface area contributed by atoms with Gasteiger partial charge in [-0.25, -0.2) is 9.48 Å². The minimum absolute atomic E-state index is 0.302. The highest BCUT2D eigenvalue weighted by atomic mass is 16.4. The molecule has 4 nitrogen and oxygen atoms in total. The van der Waals surface area contributed by atoms with E-state index in [4.69, 9.17) is 0 Å². The first-order valence-corrected chi connectivity index (χ1v) is 7.45. The van der Waals surface area contributed by atoms with Crippen LogP contribution in [0.1, 0.15) is 61.1 Å². The molecule has 2 aromatic rings. The molecule has 112 valence electrons. The van der Waals surface area contributed by atoms with Crippen LogP contribution in [0.4, 0.5) is 0 Å². The van der Waals surface area contributed by atoms with Crippen molar-refractivity contribution in [1.29, 1.82) is 0 Å². The van der Waals surface area contributed by atoms with Gasteiger partial charge in [0.2, 0.25) is 0 Å². The zero-order valence-corrected chi connectivity index (χ0v) is 12.8. The molecule has 0 fully saturated rings. The highest BCUT2D eigenvalue weighted by Crippen LogP contribution is 2.20. The lowest BCUT2D eigenvalue weighted by Gasteiger charge is -2.10. The summed E-state index contributed by atoms with van der Waals surface area (Å²) < 4.78 is 1.75. The van der Waals surface area contributed by atoms with Crippen LogP contribution in [0.3, 0.4) is 0 Å². The molecule has 1 N–H and O–H groups in total. The Labute approximate surface area is 125 Å². The summed E-state index contributed by atoms with van der Waals surface area (Å²) in [6.07, 6.45) is 4.15. The quantitative estimate of drug-likeness (QED) is 0.872. The van der Waals surface area contributed by atoms with Gasteiger partial charge in [-0.2, -0.15) is 5.10 Å². The van der Waals surface area contributed by atoms with E-state index < -0.39 is 5.97 Å². The number of unbranched alkanes of at least 4 members (excludes halogenated alkanes) is 1. The van der Waals surface area contributed by atoms with Crippen LogP contribution in [0.15, 0.2) is 30.5 Å². The van der Waals surface area contributed by atoms with E-state index in [9.17, 15) is 9.90 Å². The first-order valence-electron chi connectivity index (χ1n) is 7.45. The maximum atomic E-state index is 11.3. The minimum atomic E-state index is -0.911. The topological polar surface area (TPSA) is 55.1 Å². The van der Waals surface area contributed by atoms with Crippen molar-refractivity contribution in [3.8, 4) is 5.69 Å². The molecular weight excluding hydrogens is 264 g/mol. The molecule has 0 unspecified atom stereocenters. The highest BCUT2D eigenvalue weighted by molar-refractivity contribution is 5.88. The second-order valence-corrected chi connectivity index (χ2v) is 5.57. The van der Waals surface area contributed by atoms with E-state index in [-0.39, 0.29) is 0 Å². The fraction of sp³-hybridized carbons (Fsp3) is 0.412. The Bertz CT molecular complexity index is 612. The Hall–Kier alpha value is -2.10. The Kier molecular flexibility index (Phi) is 4.78. The average molecular weight is 286 g/mol. The monoisotopic (exact) mass is 286 g/mol. The third-order valence-corrected chi connectivity index (χ3v) is 3.67. The van der Waals surface area contributed by atoms with Gasteiger partial charge in [-0.05, 0) is 36.5 Å². The molecule has 0 amide bonds. The van der Waals surface area contributed by atoms with Crippen LogP contribution in [0.2, 0.25) is 0 Å². The van der Waals surface area contributed by atoms with Gasteiger partial charge in [0.25, 0.3) is 0 Å². The number of carbonyl (C=O) groups is 1. The molecule has 0 saturated carbocycles. The lowest BCUT2D eigenvalue weighted by Crippen LogP contribution is -2.07. The fourth-order valence-corrected chi connectivity index (χ4v) is 2.36. The molecule has 21 heavy (non-hydrogen) atoms. The molecule has 4 heteroatoms. The van der Waals surface area contributed by atoms with Gasteiger partial charge in [0.1, 0.15) is 5.56 Å². The molecule has 0 aliphatic heterocycles. The van der Waals surface area contributed by atoms with Crippen LogP contribution < -0.4 is 0 Å². The molecule has 0 aliphatic rings. The number of hydrogen-bond donors (Lipinski definition) is 1. The van der Waals surface area contributed by atoms with Crippen molar-refractivity contribution in [3.05, 3.63) is 47.3 Å². The van der Waals surface area contributed by atoms with Gasteiger partial charge < -0.3 is 5.11 Å². The number of aromatic carboxylic acids is 1. The number of aromatic nitrogens is 2. The lowest BCUT2D eigenvalue weighted by atomic mass is 10.0. The summed E-state index contributed by atoms with van der Waals surface area (Å²) in [5.41, 5.74) is 3.26.